The Balaban J connectivity index is 1.74. The Morgan fingerprint density at radius 3 is 2.54 bits per heavy atom. The third kappa shape index (κ3) is 5.21. The number of methoxy groups -OCH3 is 1. The van der Waals surface area contributed by atoms with Crippen LogP contribution in [0.5, 0.6) is 5.75 Å². The van der Waals surface area contributed by atoms with Crippen LogP contribution in [0.1, 0.15) is 44.6 Å². The second-order valence-electron chi connectivity index (χ2n) is 7.73. The highest BCUT2D eigenvalue weighted by Gasteiger charge is 2.35. The van der Waals surface area contributed by atoms with Gasteiger partial charge in [0.2, 0.25) is 0 Å². The van der Waals surface area contributed by atoms with Crippen LogP contribution in [-0.2, 0) is 20.7 Å². The molecule has 0 bridgehead atoms. The van der Waals surface area contributed by atoms with Gasteiger partial charge in [-0.2, -0.15) is 0 Å². The van der Waals surface area contributed by atoms with E-state index >= 15 is 0 Å². The van der Waals surface area contributed by atoms with Crippen LogP contribution in [0, 0.1) is 11.8 Å². The molecular formula is C21H31NO4. The molecule has 26 heavy (non-hydrogen) atoms. The monoisotopic (exact) mass is 361 g/mol. The maximum atomic E-state index is 12.1. The molecule has 3 rings (SSSR count). The average Bonchev–Trinajstić information content (AvgIpc) is 3.45. The Morgan fingerprint density at radius 2 is 1.88 bits per heavy atom. The molecule has 1 heterocycles. The summed E-state index contributed by atoms with van der Waals surface area (Å²) in [5.41, 5.74) is 7.21. The summed E-state index contributed by atoms with van der Waals surface area (Å²) in [5, 5.41) is 0. The van der Waals surface area contributed by atoms with E-state index in [1.165, 1.54) is 18.4 Å². The molecule has 144 valence electrons. The van der Waals surface area contributed by atoms with Gasteiger partial charge in [0.05, 0.1) is 13.2 Å². The third-order valence-electron chi connectivity index (χ3n) is 5.50. The van der Waals surface area contributed by atoms with Crippen molar-refractivity contribution in [1.82, 2.24) is 0 Å². The van der Waals surface area contributed by atoms with Crippen molar-refractivity contribution in [3.63, 3.8) is 0 Å². The van der Waals surface area contributed by atoms with E-state index in [1.807, 2.05) is 19.1 Å². The van der Waals surface area contributed by atoms with Crippen molar-refractivity contribution in [3.05, 3.63) is 29.8 Å². The minimum atomic E-state index is -0.527. The van der Waals surface area contributed by atoms with Gasteiger partial charge in [-0.3, -0.25) is 4.79 Å². The van der Waals surface area contributed by atoms with E-state index in [2.05, 4.69) is 12.1 Å². The fraction of sp³-hybridized carbons (Fsp3) is 0.667. The predicted molar refractivity (Wildman–Crippen MR) is 100 cm³/mol. The van der Waals surface area contributed by atoms with Gasteiger partial charge in [0.15, 0.2) is 0 Å². The molecule has 2 aliphatic rings. The molecule has 1 aromatic rings. The SMILES string of the molecule is COc1ccc(CC2CCCC(N)C(=O)OC(C)C2OCC2CC2)cc1. The molecule has 4 atom stereocenters. The van der Waals surface area contributed by atoms with Crippen molar-refractivity contribution in [2.75, 3.05) is 13.7 Å². The molecule has 5 heteroatoms. The number of carbonyl (C=O) groups is 1. The Bertz CT molecular complexity index is 584. The number of rotatable bonds is 6. The number of hydrogen-bond acceptors (Lipinski definition) is 5. The fourth-order valence-electron chi connectivity index (χ4n) is 3.69. The number of cyclic esters (lactones) is 1. The van der Waals surface area contributed by atoms with Crippen molar-refractivity contribution < 1.29 is 19.0 Å². The van der Waals surface area contributed by atoms with E-state index in [0.717, 1.165) is 31.6 Å². The smallest absolute Gasteiger partial charge is 0.323 e. The molecule has 2 N–H and O–H groups in total. The average molecular weight is 361 g/mol. The van der Waals surface area contributed by atoms with Crippen molar-refractivity contribution in [2.24, 2.45) is 17.6 Å². The highest BCUT2D eigenvalue weighted by molar-refractivity contribution is 5.75. The summed E-state index contributed by atoms with van der Waals surface area (Å²) >= 11 is 0. The van der Waals surface area contributed by atoms with Gasteiger partial charge >= 0.3 is 5.97 Å². The van der Waals surface area contributed by atoms with Crippen LogP contribution < -0.4 is 10.5 Å². The third-order valence-corrected chi connectivity index (χ3v) is 5.50. The minimum Gasteiger partial charge on any atom is -0.497 e. The van der Waals surface area contributed by atoms with E-state index in [9.17, 15) is 4.79 Å². The van der Waals surface area contributed by atoms with Crippen LogP contribution in [-0.4, -0.2) is 37.9 Å². The van der Waals surface area contributed by atoms with Crippen molar-refractivity contribution in [3.8, 4) is 5.75 Å². The zero-order chi connectivity index (χ0) is 18.5. The van der Waals surface area contributed by atoms with Gasteiger partial charge in [-0.15, -0.1) is 0 Å². The summed E-state index contributed by atoms with van der Waals surface area (Å²) in [6, 6.07) is 7.66. The van der Waals surface area contributed by atoms with E-state index in [-0.39, 0.29) is 18.2 Å². The van der Waals surface area contributed by atoms with Gasteiger partial charge in [0, 0.05) is 6.61 Å². The number of nitrogens with two attached hydrogens (primary N) is 1. The maximum Gasteiger partial charge on any atom is 0.323 e. The van der Waals surface area contributed by atoms with Gasteiger partial charge in [0.1, 0.15) is 17.9 Å². The molecule has 2 fully saturated rings. The topological polar surface area (TPSA) is 70.8 Å². The molecule has 0 aromatic heterocycles. The van der Waals surface area contributed by atoms with Gasteiger partial charge in [-0.05, 0) is 68.6 Å². The molecule has 1 aliphatic carbocycles. The highest BCUT2D eigenvalue weighted by atomic mass is 16.6. The van der Waals surface area contributed by atoms with Crippen LogP contribution in [0.2, 0.25) is 0 Å². The van der Waals surface area contributed by atoms with Crippen LogP contribution in [0.3, 0.4) is 0 Å². The first-order valence-electron chi connectivity index (χ1n) is 9.77. The lowest BCUT2D eigenvalue weighted by Gasteiger charge is -2.31. The summed E-state index contributed by atoms with van der Waals surface area (Å²) < 4.78 is 17.2. The predicted octanol–water partition coefficient (Wildman–Crippen LogP) is 3.09. The molecule has 4 unspecified atom stereocenters. The van der Waals surface area contributed by atoms with Crippen molar-refractivity contribution in [1.29, 1.82) is 0 Å². The Labute approximate surface area is 156 Å². The number of hydrogen-bond donors (Lipinski definition) is 1. The lowest BCUT2D eigenvalue weighted by atomic mass is 9.87. The Kier molecular flexibility index (Phi) is 6.54. The molecule has 1 saturated heterocycles. The molecule has 0 radical (unpaired) electrons. The lowest BCUT2D eigenvalue weighted by Crippen LogP contribution is -2.41. The Morgan fingerprint density at radius 1 is 1.15 bits per heavy atom. The zero-order valence-electron chi connectivity index (χ0n) is 15.9. The summed E-state index contributed by atoms with van der Waals surface area (Å²) in [4.78, 5) is 12.1. The summed E-state index contributed by atoms with van der Waals surface area (Å²) in [6.07, 6.45) is 5.57. The molecule has 0 amide bonds. The molecule has 1 saturated carbocycles. The summed E-state index contributed by atoms with van der Waals surface area (Å²) in [5.74, 6) is 1.53. The van der Waals surface area contributed by atoms with Gasteiger partial charge in [-0.25, -0.2) is 0 Å². The standard InChI is InChI=1S/C21H31NO4/c1-14-20(25-13-16-6-7-16)17(4-3-5-19(22)21(23)26-14)12-15-8-10-18(24-2)11-9-15/h8-11,14,16-17,19-20H,3-7,12-13,22H2,1-2H3. The summed E-state index contributed by atoms with van der Waals surface area (Å²) in [7, 11) is 1.67. The first kappa shape index (κ1) is 19.2. The van der Waals surface area contributed by atoms with E-state index in [1.54, 1.807) is 7.11 Å². The highest BCUT2D eigenvalue weighted by Crippen LogP contribution is 2.32. The van der Waals surface area contributed by atoms with Crippen LogP contribution >= 0.6 is 0 Å². The largest absolute Gasteiger partial charge is 0.497 e. The quantitative estimate of drug-likeness (QED) is 0.789. The van der Waals surface area contributed by atoms with Gasteiger partial charge in [-0.1, -0.05) is 18.6 Å². The fourth-order valence-corrected chi connectivity index (χ4v) is 3.69. The van der Waals surface area contributed by atoms with E-state index in [0.29, 0.717) is 18.3 Å². The van der Waals surface area contributed by atoms with Crippen LogP contribution in [0.15, 0.2) is 24.3 Å². The maximum absolute atomic E-state index is 12.1. The molecule has 1 aliphatic heterocycles. The second-order valence-corrected chi connectivity index (χ2v) is 7.73. The van der Waals surface area contributed by atoms with E-state index in [4.69, 9.17) is 19.9 Å². The molecule has 5 nitrogen and oxygen atoms in total. The van der Waals surface area contributed by atoms with Crippen molar-refractivity contribution in [2.45, 2.75) is 63.7 Å². The van der Waals surface area contributed by atoms with Crippen LogP contribution in [0.4, 0.5) is 0 Å². The molecule has 0 spiro atoms. The number of carbonyl (C=O) groups excluding carboxylic acids is 1. The number of benzene rings is 1. The van der Waals surface area contributed by atoms with E-state index < -0.39 is 6.04 Å². The van der Waals surface area contributed by atoms with Gasteiger partial charge < -0.3 is 19.9 Å². The molecule has 1 aromatic carbocycles. The number of esters is 1. The lowest BCUT2D eigenvalue weighted by molar-refractivity contribution is -0.160. The minimum absolute atomic E-state index is 0.0908. The van der Waals surface area contributed by atoms with Crippen molar-refractivity contribution >= 4 is 5.97 Å². The Hall–Kier alpha value is -1.59. The number of ether oxygens (including phenoxy) is 3. The second kappa shape index (κ2) is 8.87. The zero-order valence-corrected chi connectivity index (χ0v) is 15.9. The van der Waals surface area contributed by atoms with Gasteiger partial charge in [0.25, 0.3) is 0 Å². The normalized spacial score (nSPS) is 30.0. The first-order chi connectivity index (χ1) is 12.6. The summed E-state index contributed by atoms with van der Waals surface area (Å²) in [6.45, 7) is 2.70. The first-order valence-corrected chi connectivity index (χ1v) is 9.77. The van der Waals surface area contributed by atoms with Crippen LogP contribution in [0.25, 0.3) is 0 Å². The molecular weight excluding hydrogens is 330 g/mol.